The van der Waals surface area contributed by atoms with E-state index in [0.29, 0.717) is 11.2 Å². The van der Waals surface area contributed by atoms with Crippen molar-refractivity contribution in [1.82, 2.24) is 29.8 Å². The van der Waals surface area contributed by atoms with Crippen LogP contribution in [0.1, 0.15) is 17.6 Å². The van der Waals surface area contributed by atoms with E-state index in [9.17, 15) is 4.79 Å². The van der Waals surface area contributed by atoms with Crippen molar-refractivity contribution in [2.24, 2.45) is 0 Å². The molecule has 24 heavy (non-hydrogen) atoms. The van der Waals surface area contributed by atoms with E-state index in [2.05, 4.69) is 27.4 Å². The van der Waals surface area contributed by atoms with Crippen LogP contribution >= 0.6 is 11.3 Å². The maximum absolute atomic E-state index is 12.7. The molecule has 0 atom stereocenters. The lowest BCUT2D eigenvalue weighted by Gasteiger charge is -2.06. The fourth-order valence-corrected chi connectivity index (χ4v) is 3.45. The molecule has 0 aliphatic heterocycles. The molecule has 0 amide bonds. The van der Waals surface area contributed by atoms with Crippen LogP contribution in [-0.4, -0.2) is 29.8 Å². The van der Waals surface area contributed by atoms with E-state index in [1.165, 1.54) is 0 Å². The molecule has 0 fully saturated rings. The van der Waals surface area contributed by atoms with Crippen LogP contribution in [0.5, 0.6) is 0 Å². The van der Waals surface area contributed by atoms with Crippen LogP contribution in [0.4, 0.5) is 0 Å². The van der Waals surface area contributed by atoms with Gasteiger partial charge in [-0.15, -0.1) is 16.4 Å². The van der Waals surface area contributed by atoms with Crippen LogP contribution in [0.3, 0.4) is 0 Å². The Morgan fingerprint density at radius 3 is 2.83 bits per heavy atom. The van der Waals surface area contributed by atoms with Gasteiger partial charge in [-0.3, -0.25) is 9.36 Å². The first-order valence-corrected chi connectivity index (χ1v) is 8.38. The maximum Gasteiger partial charge on any atom is 0.262 e. The van der Waals surface area contributed by atoms with Gasteiger partial charge < -0.3 is 0 Å². The van der Waals surface area contributed by atoms with Crippen LogP contribution in [0.2, 0.25) is 0 Å². The quantitative estimate of drug-likeness (QED) is 0.569. The molecule has 4 rings (SSSR count). The molecule has 3 aromatic heterocycles. The fourth-order valence-electron chi connectivity index (χ4n) is 2.52. The summed E-state index contributed by atoms with van der Waals surface area (Å²) in [6.07, 6.45) is 2.46. The van der Waals surface area contributed by atoms with E-state index in [1.54, 1.807) is 26.9 Å². The normalized spacial score (nSPS) is 11.2. The Kier molecular flexibility index (Phi) is 3.66. The van der Waals surface area contributed by atoms with Gasteiger partial charge in [0.1, 0.15) is 4.83 Å². The van der Waals surface area contributed by atoms with Crippen LogP contribution in [0.25, 0.3) is 15.9 Å². The van der Waals surface area contributed by atoms with Crippen molar-refractivity contribution in [3.05, 3.63) is 63.8 Å². The summed E-state index contributed by atoms with van der Waals surface area (Å²) in [5.74, 6) is 0.579. The summed E-state index contributed by atoms with van der Waals surface area (Å²) in [6.45, 7) is 2.33. The molecule has 0 spiro atoms. The molecule has 8 heteroatoms. The van der Waals surface area contributed by atoms with Gasteiger partial charge in [0.15, 0.2) is 5.82 Å². The molecule has 7 nitrogen and oxygen atoms in total. The van der Waals surface area contributed by atoms with Crippen molar-refractivity contribution < 1.29 is 0 Å². The standard InChI is InChI=1S/C16H14N6OS/c1-2-12-8-13-15(24-12)17-10-21(16(13)23)9-14-18-19-20-22(14)11-6-4-3-5-7-11/h3-8,10H,2,9H2,1H3. The van der Waals surface area contributed by atoms with Gasteiger partial charge in [-0.2, -0.15) is 4.68 Å². The Bertz CT molecular complexity index is 1050. The highest BCUT2D eigenvalue weighted by Crippen LogP contribution is 2.21. The summed E-state index contributed by atoms with van der Waals surface area (Å²) in [4.78, 5) is 19.0. The van der Waals surface area contributed by atoms with Gasteiger partial charge in [0.25, 0.3) is 5.56 Å². The van der Waals surface area contributed by atoms with Crippen molar-refractivity contribution in [1.29, 1.82) is 0 Å². The fraction of sp³-hybridized carbons (Fsp3) is 0.188. The summed E-state index contributed by atoms with van der Waals surface area (Å²) in [6, 6.07) is 11.5. The Morgan fingerprint density at radius 2 is 2.04 bits per heavy atom. The van der Waals surface area contributed by atoms with Gasteiger partial charge in [-0.25, -0.2) is 4.98 Å². The van der Waals surface area contributed by atoms with Gasteiger partial charge in [0.05, 0.1) is 23.9 Å². The smallest absolute Gasteiger partial charge is 0.262 e. The van der Waals surface area contributed by atoms with Crippen LogP contribution in [0.15, 0.2) is 47.5 Å². The largest absolute Gasteiger partial charge is 0.291 e. The molecule has 0 aliphatic carbocycles. The Balaban J connectivity index is 1.75. The van der Waals surface area contributed by atoms with Crippen molar-refractivity contribution in [3.63, 3.8) is 0 Å². The van der Waals surface area contributed by atoms with E-state index in [1.807, 2.05) is 36.4 Å². The average Bonchev–Trinajstić information content (AvgIpc) is 3.25. The Morgan fingerprint density at radius 1 is 1.21 bits per heavy atom. The Labute approximate surface area is 141 Å². The molecule has 120 valence electrons. The zero-order valence-electron chi connectivity index (χ0n) is 13.0. The zero-order valence-corrected chi connectivity index (χ0v) is 13.8. The third-order valence-electron chi connectivity index (χ3n) is 3.76. The molecule has 0 saturated heterocycles. The highest BCUT2D eigenvalue weighted by Gasteiger charge is 2.12. The molecular weight excluding hydrogens is 324 g/mol. The van der Waals surface area contributed by atoms with E-state index in [-0.39, 0.29) is 12.1 Å². The van der Waals surface area contributed by atoms with Crippen molar-refractivity contribution in [2.75, 3.05) is 0 Å². The van der Waals surface area contributed by atoms with Crippen molar-refractivity contribution in [2.45, 2.75) is 19.9 Å². The lowest BCUT2D eigenvalue weighted by Crippen LogP contribution is -2.22. The third-order valence-corrected chi connectivity index (χ3v) is 4.95. The topological polar surface area (TPSA) is 78.5 Å². The summed E-state index contributed by atoms with van der Waals surface area (Å²) >= 11 is 1.56. The lowest BCUT2D eigenvalue weighted by atomic mass is 10.3. The predicted octanol–water partition coefficient (Wildman–Crippen LogP) is 2.04. The van der Waals surface area contributed by atoms with Crippen molar-refractivity contribution in [3.8, 4) is 5.69 Å². The van der Waals surface area contributed by atoms with Crippen molar-refractivity contribution >= 4 is 21.6 Å². The third kappa shape index (κ3) is 2.50. The number of hydrogen-bond donors (Lipinski definition) is 0. The summed E-state index contributed by atoms with van der Waals surface area (Å²) in [5.41, 5.74) is 0.780. The molecule has 0 unspecified atom stereocenters. The number of benzene rings is 1. The van der Waals surface area contributed by atoms with E-state index in [0.717, 1.165) is 21.8 Å². The minimum atomic E-state index is -0.0708. The highest BCUT2D eigenvalue weighted by atomic mass is 32.1. The maximum atomic E-state index is 12.7. The molecular formula is C16H14N6OS. The summed E-state index contributed by atoms with van der Waals surface area (Å²) < 4.78 is 3.17. The number of hydrogen-bond acceptors (Lipinski definition) is 6. The Hall–Kier alpha value is -2.87. The van der Waals surface area contributed by atoms with Gasteiger partial charge in [0.2, 0.25) is 0 Å². The molecule has 4 aromatic rings. The predicted molar refractivity (Wildman–Crippen MR) is 91.5 cm³/mol. The second-order valence-electron chi connectivity index (χ2n) is 5.31. The molecule has 0 saturated carbocycles. The molecule has 3 heterocycles. The zero-order chi connectivity index (χ0) is 16.5. The first-order chi connectivity index (χ1) is 11.8. The number of rotatable bonds is 4. The summed E-state index contributed by atoms with van der Waals surface area (Å²) in [7, 11) is 0. The number of thiophene rings is 1. The van der Waals surface area contributed by atoms with Gasteiger partial charge in [-0.1, -0.05) is 25.1 Å². The number of aromatic nitrogens is 6. The van der Waals surface area contributed by atoms with Gasteiger partial charge >= 0.3 is 0 Å². The number of nitrogens with zero attached hydrogens (tertiary/aromatic N) is 6. The monoisotopic (exact) mass is 338 g/mol. The van der Waals surface area contributed by atoms with Gasteiger partial charge in [0, 0.05) is 4.88 Å². The number of para-hydroxylation sites is 1. The van der Waals surface area contributed by atoms with E-state index >= 15 is 0 Å². The highest BCUT2D eigenvalue weighted by molar-refractivity contribution is 7.18. The minimum Gasteiger partial charge on any atom is -0.291 e. The number of fused-ring (bicyclic) bond motifs is 1. The SMILES string of the molecule is CCc1cc2c(=O)n(Cc3nnnn3-c3ccccc3)cnc2s1. The van der Waals surface area contributed by atoms with Crippen LogP contribution < -0.4 is 5.56 Å². The first kappa shape index (κ1) is 14.7. The number of tetrazole rings is 1. The molecule has 0 aliphatic rings. The average molecular weight is 338 g/mol. The molecule has 0 N–H and O–H groups in total. The number of aryl methyl sites for hydroxylation is 1. The molecule has 1 aromatic carbocycles. The van der Waals surface area contributed by atoms with E-state index < -0.39 is 0 Å². The lowest BCUT2D eigenvalue weighted by molar-refractivity contribution is 0.675. The van der Waals surface area contributed by atoms with Gasteiger partial charge in [-0.05, 0) is 35.0 Å². The second kappa shape index (κ2) is 5.97. The molecule has 0 bridgehead atoms. The summed E-state index contributed by atoms with van der Waals surface area (Å²) in [5, 5.41) is 12.4. The first-order valence-electron chi connectivity index (χ1n) is 7.57. The van der Waals surface area contributed by atoms with Crippen LogP contribution in [-0.2, 0) is 13.0 Å². The molecule has 0 radical (unpaired) electrons. The van der Waals surface area contributed by atoms with E-state index in [4.69, 9.17) is 0 Å². The minimum absolute atomic E-state index is 0.0708. The second-order valence-corrected chi connectivity index (χ2v) is 6.42. The van der Waals surface area contributed by atoms with Crippen LogP contribution in [0, 0.1) is 0 Å².